The van der Waals surface area contributed by atoms with E-state index in [1.54, 1.807) is 0 Å². The normalized spacial score (nSPS) is 13.0. The van der Waals surface area contributed by atoms with Crippen LogP contribution in [0.4, 0.5) is 16.6 Å². The van der Waals surface area contributed by atoms with Crippen molar-refractivity contribution in [1.82, 2.24) is 9.97 Å². The van der Waals surface area contributed by atoms with Crippen LogP contribution < -0.4 is 10.2 Å². The first kappa shape index (κ1) is 17.8. The van der Waals surface area contributed by atoms with Crippen molar-refractivity contribution in [2.45, 2.75) is 20.3 Å². The fourth-order valence-electron chi connectivity index (χ4n) is 3.69. The fourth-order valence-corrected chi connectivity index (χ4v) is 4.37. The second kappa shape index (κ2) is 6.97. The van der Waals surface area contributed by atoms with Gasteiger partial charge >= 0.3 is 0 Å². The molecule has 2 aromatic heterocycles. The molecular weight excluding hydrogens is 380 g/mol. The van der Waals surface area contributed by atoms with Crippen molar-refractivity contribution >= 4 is 44.8 Å². The van der Waals surface area contributed by atoms with E-state index in [1.807, 2.05) is 36.6 Å². The molecule has 1 N–H and O–H groups in total. The molecule has 1 aliphatic heterocycles. The van der Waals surface area contributed by atoms with Crippen LogP contribution in [0.1, 0.15) is 27.2 Å². The van der Waals surface area contributed by atoms with E-state index in [4.69, 9.17) is 4.98 Å². The lowest BCUT2D eigenvalue weighted by Crippen LogP contribution is -2.15. The van der Waals surface area contributed by atoms with Gasteiger partial charge in [0, 0.05) is 28.6 Å². The van der Waals surface area contributed by atoms with E-state index in [1.165, 1.54) is 27.8 Å². The van der Waals surface area contributed by atoms with Crippen molar-refractivity contribution < 1.29 is 4.79 Å². The molecule has 2 aromatic carbocycles. The zero-order valence-corrected chi connectivity index (χ0v) is 17.1. The van der Waals surface area contributed by atoms with Gasteiger partial charge in [0.05, 0.1) is 11.2 Å². The molecule has 0 spiro atoms. The number of hydrogen-bond acceptors (Lipinski definition) is 5. The Kier molecular flexibility index (Phi) is 4.28. The predicted molar refractivity (Wildman–Crippen MR) is 118 cm³/mol. The summed E-state index contributed by atoms with van der Waals surface area (Å²) < 4.78 is 0. The number of aromatic nitrogens is 2. The van der Waals surface area contributed by atoms with Crippen LogP contribution >= 0.6 is 11.3 Å². The smallest absolute Gasteiger partial charge is 0.257 e. The molecule has 4 aromatic rings. The van der Waals surface area contributed by atoms with Gasteiger partial charge in [0.2, 0.25) is 0 Å². The number of nitrogens with zero attached hydrogens (tertiary/aromatic N) is 3. The molecule has 1 amide bonds. The Hall–Kier alpha value is -3.25. The monoisotopic (exact) mass is 400 g/mol. The summed E-state index contributed by atoms with van der Waals surface area (Å²) in [5.74, 6) is 0.867. The van der Waals surface area contributed by atoms with Gasteiger partial charge in [-0.2, -0.15) is 0 Å². The maximum atomic E-state index is 12.5. The van der Waals surface area contributed by atoms with E-state index in [0.29, 0.717) is 10.7 Å². The van der Waals surface area contributed by atoms with Crippen LogP contribution in [0, 0.1) is 13.8 Å². The Morgan fingerprint density at radius 3 is 2.66 bits per heavy atom. The van der Waals surface area contributed by atoms with E-state index < -0.39 is 0 Å². The third kappa shape index (κ3) is 3.36. The van der Waals surface area contributed by atoms with Crippen molar-refractivity contribution in [1.29, 1.82) is 0 Å². The van der Waals surface area contributed by atoms with Crippen molar-refractivity contribution in [2.24, 2.45) is 0 Å². The standard InChI is InChI=1S/C23H20N4OS/c1-14-3-4-17-12-18-9-10-27(21(18)25-20(17)11-14)19-7-5-16(6-8-19)22(28)26-23-24-15(2)13-29-23/h3-8,11-13H,9-10H2,1-2H3,(H,24,26,28). The number of thiazole rings is 1. The number of nitrogens with one attached hydrogen (secondary N) is 1. The van der Waals surface area contributed by atoms with Crippen LogP contribution in [-0.2, 0) is 6.42 Å². The number of hydrogen-bond donors (Lipinski definition) is 1. The molecule has 0 fully saturated rings. The molecule has 5 nitrogen and oxygen atoms in total. The fraction of sp³-hybridized carbons (Fsp3) is 0.174. The summed E-state index contributed by atoms with van der Waals surface area (Å²) in [7, 11) is 0. The van der Waals surface area contributed by atoms with E-state index in [9.17, 15) is 4.79 Å². The number of carbonyl (C=O) groups excluding carboxylic acids is 1. The van der Waals surface area contributed by atoms with Gasteiger partial charge in [-0.3, -0.25) is 10.1 Å². The number of carbonyl (C=O) groups is 1. The van der Waals surface area contributed by atoms with Crippen LogP contribution in [0.3, 0.4) is 0 Å². The minimum atomic E-state index is -0.146. The van der Waals surface area contributed by atoms with Crippen molar-refractivity contribution in [3.05, 3.63) is 76.3 Å². The second-order valence-electron chi connectivity index (χ2n) is 7.36. The van der Waals surface area contributed by atoms with E-state index in [2.05, 4.69) is 46.4 Å². The first-order valence-electron chi connectivity index (χ1n) is 9.58. The minimum absolute atomic E-state index is 0.146. The maximum Gasteiger partial charge on any atom is 0.257 e. The zero-order valence-electron chi connectivity index (χ0n) is 16.3. The van der Waals surface area contributed by atoms with Gasteiger partial charge in [-0.25, -0.2) is 9.97 Å². The van der Waals surface area contributed by atoms with Gasteiger partial charge < -0.3 is 4.90 Å². The second-order valence-corrected chi connectivity index (χ2v) is 8.22. The molecule has 0 atom stereocenters. The molecule has 3 heterocycles. The van der Waals surface area contributed by atoms with E-state index in [-0.39, 0.29) is 5.91 Å². The number of fused-ring (bicyclic) bond motifs is 2. The van der Waals surface area contributed by atoms with Gasteiger partial charge in [0.15, 0.2) is 5.13 Å². The number of benzene rings is 2. The molecule has 0 saturated heterocycles. The van der Waals surface area contributed by atoms with Gasteiger partial charge in [0.1, 0.15) is 5.82 Å². The Morgan fingerprint density at radius 1 is 1.07 bits per heavy atom. The number of aryl methyl sites for hydroxylation is 2. The Labute approximate surface area is 173 Å². The van der Waals surface area contributed by atoms with Gasteiger partial charge in [-0.05, 0) is 67.8 Å². The third-order valence-corrected chi connectivity index (χ3v) is 6.05. The van der Waals surface area contributed by atoms with E-state index >= 15 is 0 Å². The van der Waals surface area contributed by atoms with Crippen LogP contribution in [0.15, 0.2) is 53.9 Å². The average molecular weight is 401 g/mol. The molecule has 0 bridgehead atoms. The van der Waals surface area contributed by atoms with Crippen LogP contribution in [0.25, 0.3) is 10.9 Å². The summed E-state index contributed by atoms with van der Waals surface area (Å²) in [4.78, 5) is 23.9. The lowest BCUT2D eigenvalue weighted by atomic mass is 10.1. The summed E-state index contributed by atoms with van der Waals surface area (Å²) in [6, 6.07) is 16.3. The molecule has 0 unspecified atom stereocenters. The Morgan fingerprint density at radius 2 is 1.90 bits per heavy atom. The molecule has 0 aliphatic carbocycles. The minimum Gasteiger partial charge on any atom is -0.326 e. The highest BCUT2D eigenvalue weighted by Crippen LogP contribution is 2.35. The van der Waals surface area contributed by atoms with Crippen LogP contribution in [0.5, 0.6) is 0 Å². The topological polar surface area (TPSA) is 58.1 Å². The first-order valence-corrected chi connectivity index (χ1v) is 10.5. The van der Waals surface area contributed by atoms with Crippen molar-refractivity contribution in [3.8, 4) is 0 Å². The number of rotatable bonds is 3. The number of anilines is 3. The molecule has 5 rings (SSSR count). The molecular formula is C23H20N4OS. The molecule has 29 heavy (non-hydrogen) atoms. The quantitative estimate of drug-likeness (QED) is 0.510. The lowest BCUT2D eigenvalue weighted by molar-refractivity contribution is 0.102. The summed E-state index contributed by atoms with van der Waals surface area (Å²) in [5, 5.41) is 6.57. The molecule has 0 radical (unpaired) electrons. The summed E-state index contributed by atoms with van der Waals surface area (Å²) in [6.45, 7) is 4.89. The van der Waals surface area contributed by atoms with Crippen LogP contribution in [-0.4, -0.2) is 22.4 Å². The first-order chi connectivity index (χ1) is 14.1. The summed E-state index contributed by atoms with van der Waals surface area (Å²) >= 11 is 1.43. The highest BCUT2D eigenvalue weighted by molar-refractivity contribution is 7.13. The molecule has 0 saturated carbocycles. The van der Waals surface area contributed by atoms with Crippen LogP contribution in [0.2, 0.25) is 0 Å². The van der Waals surface area contributed by atoms with Gasteiger partial charge in [-0.1, -0.05) is 12.1 Å². The maximum absolute atomic E-state index is 12.5. The molecule has 1 aliphatic rings. The zero-order chi connectivity index (χ0) is 20.0. The predicted octanol–water partition coefficient (Wildman–Crippen LogP) is 5.25. The summed E-state index contributed by atoms with van der Waals surface area (Å²) in [5.41, 5.74) is 6.06. The van der Waals surface area contributed by atoms with Gasteiger partial charge in [-0.15, -0.1) is 11.3 Å². The Bertz CT molecular complexity index is 1230. The van der Waals surface area contributed by atoms with E-state index in [0.717, 1.165) is 35.7 Å². The summed E-state index contributed by atoms with van der Waals surface area (Å²) in [6.07, 6.45) is 0.970. The number of amides is 1. The number of pyridine rings is 1. The van der Waals surface area contributed by atoms with Crippen molar-refractivity contribution in [3.63, 3.8) is 0 Å². The van der Waals surface area contributed by atoms with Crippen molar-refractivity contribution in [2.75, 3.05) is 16.8 Å². The van der Waals surface area contributed by atoms with Gasteiger partial charge in [0.25, 0.3) is 5.91 Å². The average Bonchev–Trinajstić information content (AvgIpc) is 3.32. The SMILES string of the molecule is Cc1ccc2cc3c(nc2c1)N(c1ccc(C(=O)Nc2nc(C)cs2)cc1)CC3. The third-order valence-electron chi connectivity index (χ3n) is 5.17. The Balaban J connectivity index is 1.40. The lowest BCUT2D eigenvalue weighted by Gasteiger charge is -2.19. The largest absolute Gasteiger partial charge is 0.326 e. The molecule has 144 valence electrons. The highest BCUT2D eigenvalue weighted by Gasteiger charge is 2.23. The highest BCUT2D eigenvalue weighted by atomic mass is 32.1. The molecule has 6 heteroatoms.